The summed E-state index contributed by atoms with van der Waals surface area (Å²) in [5.41, 5.74) is 6.94. The van der Waals surface area contributed by atoms with E-state index in [2.05, 4.69) is 47.9 Å². The molecule has 0 fully saturated rings. The number of hydrogen-bond acceptors (Lipinski definition) is 5. The minimum absolute atomic E-state index is 0.325. The van der Waals surface area contributed by atoms with E-state index in [1.165, 1.54) is 6.33 Å². The summed E-state index contributed by atoms with van der Waals surface area (Å²) in [6.45, 7) is 12.8. The fourth-order valence-corrected chi connectivity index (χ4v) is 2.17. The highest BCUT2D eigenvalue weighted by Crippen LogP contribution is 2.25. The van der Waals surface area contributed by atoms with Crippen molar-refractivity contribution in [1.29, 1.82) is 0 Å². The molecule has 3 N–H and O–H groups in total. The van der Waals surface area contributed by atoms with Crippen LogP contribution in [0.25, 0.3) is 0 Å². The zero-order valence-corrected chi connectivity index (χ0v) is 12.6. The SMILES string of the molecule is CCN(CC)CCCNc1ncnc(N)c1C(C)C. The van der Waals surface area contributed by atoms with Crippen LogP contribution < -0.4 is 11.1 Å². The van der Waals surface area contributed by atoms with Gasteiger partial charge in [-0.25, -0.2) is 9.97 Å². The zero-order valence-electron chi connectivity index (χ0n) is 12.6. The Labute approximate surface area is 116 Å². The third kappa shape index (κ3) is 4.67. The Balaban J connectivity index is 2.52. The second-order valence-electron chi connectivity index (χ2n) is 4.98. The van der Waals surface area contributed by atoms with Gasteiger partial charge in [0.25, 0.3) is 0 Å². The van der Waals surface area contributed by atoms with Crippen molar-refractivity contribution in [2.75, 3.05) is 37.2 Å². The van der Waals surface area contributed by atoms with Crippen molar-refractivity contribution in [3.05, 3.63) is 11.9 Å². The van der Waals surface area contributed by atoms with E-state index >= 15 is 0 Å². The third-order valence-corrected chi connectivity index (χ3v) is 3.33. The fraction of sp³-hybridized carbons (Fsp3) is 0.714. The summed E-state index contributed by atoms with van der Waals surface area (Å²) in [5, 5.41) is 3.38. The molecule has 0 aliphatic heterocycles. The van der Waals surface area contributed by atoms with Crippen LogP contribution in [0.4, 0.5) is 11.6 Å². The van der Waals surface area contributed by atoms with Gasteiger partial charge in [-0.05, 0) is 32.0 Å². The van der Waals surface area contributed by atoms with Crippen LogP contribution in [-0.4, -0.2) is 41.0 Å². The molecule has 1 rings (SSSR count). The van der Waals surface area contributed by atoms with Crippen LogP contribution >= 0.6 is 0 Å². The number of anilines is 2. The minimum Gasteiger partial charge on any atom is -0.383 e. The van der Waals surface area contributed by atoms with Crippen LogP contribution in [0.1, 0.15) is 45.6 Å². The van der Waals surface area contributed by atoms with Gasteiger partial charge in [-0.3, -0.25) is 0 Å². The molecule has 108 valence electrons. The Bertz CT molecular complexity index is 374. The van der Waals surface area contributed by atoms with Crippen molar-refractivity contribution in [2.45, 2.75) is 40.0 Å². The molecule has 0 saturated heterocycles. The summed E-state index contributed by atoms with van der Waals surface area (Å²) in [6, 6.07) is 0. The Morgan fingerprint density at radius 2 is 1.95 bits per heavy atom. The number of nitrogens with two attached hydrogens (primary N) is 1. The molecule has 0 aromatic carbocycles. The highest BCUT2D eigenvalue weighted by molar-refractivity contribution is 5.56. The Kier molecular flexibility index (Phi) is 6.56. The molecular weight excluding hydrogens is 238 g/mol. The largest absolute Gasteiger partial charge is 0.383 e. The molecule has 5 heteroatoms. The van der Waals surface area contributed by atoms with Crippen molar-refractivity contribution >= 4 is 11.6 Å². The topological polar surface area (TPSA) is 67.1 Å². The molecule has 5 nitrogen and oxygen atoms in total. The molecule has 0 amide bonds. The number of nitrogen functional groups attached to an aromatic ring is 1. The molecule has 1 aromatic rings. The lowest BCUT2D eigenvalue weighted by atomic mass is 10.0. The monoisotopic (exact) mass is 265 g/mol. The molecule has 0 aliphatic rings. The Morgan fingerprint density at radius 3 is 2.53 bits per heavy atom. The molecule has 0 bridgehead atoms. The number of rotatable bonds is 8. The van der Waals surface area contributed by atoms with E-state index < -0.39 is 0 Å². The second-order valence-corrected chi connectivity index (χ2v) is 4.98. The van der Waals surface area contributed by atoms with Gasteiger partial charge in [0, 0.05) is 12.1 Å². The molecule has 0 saturated carbocycles. The van der Waals surface area contributed by atoms with E-state index in [1.807, 2.05) is 0 Å². The summed E-state index contributed by atoms with van der Waals surface area (Å²) >= 11 is 0. The first kappa shape index (κ1) is 15.7. The maximum Gasteiger partial charge on any atom is 0.134 e. The highest BCUT2D eigenvalue weighted by atomic mass is 15.1. The summed E-state index contributed by atoms with van der Waals surface area (Å²) in [4.78, 5) is 10.8. The first-order chi connectivity index (χ1) is 9.10. The van der Waals surface area contributed by atoms with Crippen molar-refractivity contribution in [2.24, 2.45) is 0 Å². The lowest BCUT2D eigenvalue weighted by molar-refractivity contribution is 0.303. The van der Waals surface area contributed by atoms with Crippen LogP contribution in [0.2, 0.25) is 0 Å². The lowest BCUT2D eigenvalue weighted by Crippen LogP contribution is -2.25. The first-order valence-corrected chi connectivity index (χ1v) is 7.16. The maximum atomic E-state index is 5.92. The predicted octanol–water partition coefficient (Wildman–Crippen LogP) is 2.33. The smallest absolute Gasteiger partial charge is 0.134 e. The minimum atomic E-state index is 0.325. The summed E-state index contributed by atoms with van der Waals surface area (Å²) < 4.78 is 0. The van der Waals surface area contributed by atoms with Crippen molar-refractivity contribution < 1.29 is 0 Å². The van der Waals surface area contributed by atoms with Gasteiger partial charge in [-0.2, -0.15) is 0 Å². The number of nitrogens with zero attached hydrogens (tertiary/aromatic N) is 3. The van der Waals surface area contributed by atoms with Crippen molar-refractivity contribution in [3.8, 4) is 0 Å². The van der Waals surface area contributed by atoms with E-state index in [1.54, 1.807) is 0 Å². The molecule has 0 spiro atoms. The van der Waals surface area contributed by atoms with E-state index in [9.17, 15) is 0 Å². The lowest BCUT2D eigenvalue weighted by Gasteiger charge is -2.19. The standard InChI is InChI=1S/C14H27N5/c1-5-19(6-2)9-7-8-16-14-12(11(3)4)13(15)17-10-18-14/h10-11H,5-9H2,1-4H3,(H3,15,16,17,18). The molecular formula is C14H27N5. The van der Waals surface area contributed by atoms with Gasteiger partial charge in [0.15, 0.2) is 0 Å². The summed E-state index contributed by atoms with van der Waals surface area (Å²) in [7, 11) is 0. The van der Waals surface area contributed by atoms with Gasteiger partial charge < -0.3 is 16.0 Å². The summed E-state index contributed by atoms with van der Waals surface area (Å²) in [5.74, 6) is 1.78. The van der Waals surface area contributed by atoms with Gasteiger partial charge in [0.2, 0.25) is 0 Å². The van der Waals surface area contributed by atoms with Crippen molar-refractivity contribution in [3.63, 3.8) is 0 Å². The normalized spacial score (nSPS) is 11.3. The Hall–Kier alpha value is -1.36. The molecule has 0 aliphatic carbocycles. The fourth-order valence-electron chi connectivity index (χ4n) is 2.17. The second kappa shape index (κ2) is 7.94. The van der Waals surface area contributed by atoms with E-state index in [0.29, 0.717) is 11.7 Å². The van der Waals surface area contributed by atoms with Crippen molar-refractivity contribution in [1.82, 2.24) is 14.9 Å². The molecule has 0 radical (unpaired) electrons. The van der Waals surface area contributed by atoms with Crippen LogP contribution in [0.5, 0.6) is 0 Å². The number of nitrogens with one attached hydrogen (secondary N) is 1. The van der Waals surface area contributed by atoms with Crippen LogP contribution in [0.3, 0.4) is 0 Å². The van der Waals surface area contributed by atoms with Gasteiger partial charge >= 0.3 is 0 Å². The Morgan fingerprint density at radius 1 is 1.26 bits per heavy atom. The van der Waals surface area contributed by atoms with Gasteiger partial charge in [0.05, 0.1) is 0 Å². The highest BCUT2D eigenvalue weighted by Gasteiger charge is 2.12. The number of aromatic nitrogens is 2. The van der Waals surface area contributed by atoms with Gasteiger partial charge in [0.1, 0.15) is 18.0 Å². The predicted molar refractivity (Wildman–Crippen MR) is 81.4 cm³/mol. The average molecular weight is 265 g/mol. The van der Waals surface area contributed by atoms with Crippen LogP contribution in [-0.2, 0) is 0 Å². The molecule has 1 heterocycles. The van der Waals surface area contributed by atoms with Crippen LogP contribution in [0.15, 0.2) is 6.33 Å². The average Bonchev–Trinajstić information content (AvgIpc) is 2.38. The van der Waals surface area contributed by atoms with E-state index in [4.69, 9.17) is 5.73 Å². The van der Waals surface area contributed by atoms with E-state index in [-0.39, 0.29) is 0 Å². The van der Waals surface area contributed by atoms with E-state index in [0.717, 1.165) is 44.0 Å². The molecule has 1 aromatic heterocycles. The molecule has 19 heavy (non-hydrogen) atoms. The maximum absolute atomic E-state index is 5.92. The quantitative estimate of drug-likeness (QED) is 0.706. The number of hydrogen-bond donors (Lipinski definition) is 2. The zero-order chi connectivity index (χ0) is 14.3. The van der Waals surface area contributed by atoms with Gasteiger partial charge in [-0.15, -0.1) is 0 Å². The first-order valence-electron chi connectivity index (χ1n) is 7.16. The van der Waals surface area contributed by atoms with Crippen LogP contribution in [0, 0.1) is 0 Å². The summed E-state index contributed by atoms with van der Waals surface area (Å²) in [6.07, 6.45) is 2.62. The molecule has 0 atom stereocenters. The van der Waals surface area contributed by atoms with Gasteiger partial charge in [-0.1, -0.05) is 27.7 Å². The molecule has 0 unspecified atom stereocenters. The third-order valence-electron chi connectivity index (χ3n) is 3.33.